The van der Waals surface area contributed by atoms with E-state index in [1.165, 1.54) is 0 Å². The first-order valence-corrected chi connectivity index (χ1v) is 7.71. The van der Waals surface area contributed by atoms with Crippen LogP contribution in [0.3, 0.4) is 0 Å². The van der Waals surface area contributed by atoms with E-state index in [1.807, 2.05) is 18.5 Å². The van der Waals surface area contributed by atoms with E-state index in [2.05, 4.69) is 20.2 Å². The van der Waals surface area contributed by atoms with Crippen LogP contribution in [0, 0.1) is 6.92 Å². The second-order valence-corrected chi connectivity index (χ2v) is 6.32. The van der Waals surface area contributed by atoms with Crippen molar-refractivity contribution in [1.82, 2.24) is 14.9 Å². The molecule has 2 aromatic heterocycles. The number of morpholine rings is 1. The molecule has 6 heteroatoms. The summed E-state index contributed by atoms with van der Waals surface area (Å²) in [6.45, 7) is 5.41. The number of nitrogens with zero attached hydrogens (tertiary/aromatic N) is 3. The fourth-order valence-electron chi connectivity index (χ4n) is 2.14. The molecule has 0 saturated carbocycles. The Labute approximate surface area is 114 Å². The average Bonchev–Trinajstić information content (AvgIpc) is 3.02. The minimum Gasteiger partial charge on any atom is -0.378 e. The molecular formula is C12H15N3OS2. The van der Waals surface area contributed by atoms with E-state index in [0.29, 0.717) is 0 Å². The highest BCUT2D eigenvalue weighted by atomic mass is 32.1. The third kappa shape index (κ3) is 2.61. The molecular weight excluding hydrogens is 266 g/mol. The number of aryl methyl sites for hydroxylation is 1. The van der Waals surface area contributed by atoms with E-state index in [4.69, 9.17) is 4.74 Å². The van der Waals surface area contributed by atoms with Gasteiger partial charge in [0.1, 0.15) is 5.01 Å². The molecule has 0 amide bonds. The van der Waals surface area contributed by atoms with Gasteiger partial charge in [0.15, 0.2) is 0 Å². The predicted molar refractivity (Wildman–Crippen MR) is 72.9 cm³/mol. The van der Waals surface area contributed by atoms with E-state index in [1.54, 1.807) is 22.7 Å². The van der Waals surface area contributed by atoms with Crippen molar-refractivity contribution in [1.29, 1.82) is 0 Å². The van der Waals surface area contributed by atoms with Gasteiger partial charge in [-0.2, -0.15) is 0 Å². The molecule has 0 aliphatic carbocycles. The second kappa shape index (κ2) is 5.44. The molecule has 0 N–H and O–H groups in total. The molecule has 1 atom stereocenters. The van der Waals surface area contributed by atoms with E-state index in [9.17, 15) is 0 Å². The number of ether oxygens (including phenoxy) is 1. The molecule has 0 spiro atoms. The van der Waals surface area contributed by atoms with Gasteiger partial charge in [0, 0.05) is 23.5 Å². The van der Waals surface area contributed by atoms with Gasteiger partial charge in [-0.05, 0) is 6.92 Å². The third-order valence-electron chi connectivity index (χ3n) is 3.04. The van der Waals surface area contributed by atoms with Crippen LogP contribution in [0.25, 0.3) is 0 Å². The number of hydrogen-bond donors (Lipinski definition) is 0. The van der Waals surface area contributed by atoms with Crippen LogP contribution in [0.5, 0.6) is 0 Å². The molecule has 1 aliphatic rings. The molecule has 1 aliphatic heterocycles. The molecule has 3 heterocycles. The number of thiazole rings is 2. The van der Waals surface area contributed by atoms with E-state index < -0.39 is 0 Å². The Balaban J connectivity index is 1.77. The molecule has 3 rings (SSSR count). The predicted octanol–water partition coefficient (Wildman–Crippen LogP) is 2.48. The lowest BCUT2D eigenvalue weighted by molar-refractivity contribution is -0.0141. The largest absolute Gasteiger partial charge is 0.378 e. The highest BCUT2D eigenvalue weighted by molar-refractivity contribution is 7.09. The van der Waals surface area contributed by atoms with Crippen LogP contribution in [-0.2, 0) is 11.3 Å². The summed E-state index contributed by atoms with van der Waals surface area (Å²) in [5.74, 6) is 0. The quantitative estimate of drug-likeness (QED) is 0.866. The zero-order valence-electron chi connectivity index (χ0n) is 10.2. The second-order valence-electron chi connectivity index (χ2n) is 4.28. The molecule has 2 aromatic rings. The standard InChI is InChI=1S/C12H15N3OS2/c1-9-14-10(8-18-9)11-7-16-4-3-15(11)6-12-13-2-5-17-12/h2,5,8,11H,3-4,6-7H2,1H3. The van der Waals surface area contributed by atoms with Crippen molar-refractivity contribution < 1.29 is 4.74 Å². The van der Waals surface area contributed by atoms with Gasteiger partial charge in [0.2, 0.25) is 0 Å². The summed E-state index contributed by atoms with van der Waals surface area (Å²) in [6.07, 6.45) is 1.86. The van der Waals surface area contributed by atoms with Crippen molar-refractivity contribution in [3.05, 3.63) is 32.7 Å². The van der Waals surface area contributed by atoms with Gasteiger partial charge in [-0.15, -0.1) is 22.7 Å². The average molecular weight is 281 g/mol. The van der Waals surface area contributed by atoms with E-state index in [-0.39, 0.29) is 6.04 Å². The van der Waals surface area contributed by atoms with Crippen LogP contribution < -0.4 is 0 Å². The van der Waals surface area contributed by atoms with Crippen LogP contribution in [0.4, 0.5) is 0 Å². The zero-order valence-corrected chi connectivity index (χ0v) is 11.8. The summed E-state index contributed by atoms with van der Waals surface area (Å²) in [7, 11) is 0. The highest BCUT2D eigenvalue weighted by Gasteiger charge is 2.26. The summed E-state index contributed by atoms with van der Waals surface area (Å²) in [5.41, 5.74) is 1.13. The normalized spacial score (nSPS) is 21.3. The monoisotopic (exact) mass is 281 g/mol. The molecule has 96 valence electrons. The van der Waals surface area contributed by atoms with Crippen molar-refractivity contribution in [2.75, 3.05) is 19.8 Å². The molecule has 0 bridgehead atoms. The summed E-state index contributed by atoms with van der Waals surface area (Å²) >= 11 is 3.41. The van der Waals surface area contributed by atoms with Crippen LogP contribution in [0.1, 0.15) is 21.8 Å². The molecule has 1 fully saturated rings. The first-order chi connectivity index (χ1) is 8.83. The molecule has 1 saturated heterocycles. The lowest BCUT2D eigenvalue weighted by Gasteiger charge is -2.33. The maximum atomic E-state index is 5.60. The minimum atomic E-state index is 0.271. The minimum absolute atomic E-state index is 0.271. The van der Waals surface area contributed by atoms with Gasteiger partial charge in [0.25, 0.3) is 0 Å². The fraction of sp³-hybridized carbons (Fsp3) is 0.500. The van der Waals surface area contributed by atoms with Gasteiger partial charge >= 0.3 is 0 Å². The third-order valence-corrected chi connectivity index (χ3v) is 4.60. The maximum absolute atomic E-state index is 5.60. The fourth-order valence-corrected chi connectivity index (χ4v) is 3.44. The summed E-state index contributed by atoms with van der Waals surface area (Å²) < 4.78 is 5.60. The van der Waals surface area contributed by atoms with Gasteiger partial charge in [0.05, 0.1) is 36.5 Å². The Hall–Kier alpha value is -0.820. The van der Waals surface area contributed by atoms with Crippen molar-refractivity contribution in [3.8, 4) is 0 Å². The van der Waals surface area contributed by atoms with E-state index in [0.717, 1.165) is 42.0 Å². The first kappa shape index (κ1) is 12.2. The van der Waals surface area contributed by atoms with Crippen LogP contribution in [0.15, 0.2) is 17.0 Å². The highest BCUT2D eigenvalue weighted by Crippen LogP contribution is 2.27. The molecule has 4 nitrogen and oxygen atoms in total. The van der Waals surface area contributed by atoms with Crippen molar-refractivity contribution in [2.24, 2.45) is 0 Å². The Bertz CT molecular complexity index is 497. The van der Waals surface area contributed by atoms with Crippen molar-refractivity contribution in [2.45, 2.75) is 19.5 Å². The first-order valence-electron chi connectivity index (χ1n) is 5.95. The Kier molecular flexibility index (Phi) is 3.69. The maximum Gasteiger partial charge on any atom is 0.107 e. The summed E-state index contributed by atoms with van der Waals surface area (Å²) in [4.78, 5) is 11.4. The lowest BCUT2D eigenvalue weighted by atomic mass is 10.2. The SMILES string of the molecule is Cc1nc(C2COCCN2Cc2nccs2)cs1. The summed E-state index contributed by atoms with van der Waals surface area (Å²) in [5, 5.41) is 6.44. The van der Waals surface area contributed by atoms with Crippen molar-refractivity contribution >= 4 is 22.7 Å². The Morgan fingerprint density at radius 1 is 1.50 bits per heavy atom. The van der Waals surface area contributed by atoms with Crippen LogP contribution >= 0.6 is 22.7 Å². The zero-order chi connectivity index (χ0) is 12.4. The van der Waals surface area contributed by atoms with Gasteiger partial charge < -0.3 is 4.74 Å². The van der Waals surface area contributed by atoms with Crippen molar-refractivity contribution in [3.63, 3.8) is 0 Å². The van der Waals surface area contributed by atoms with Gasteiger partial charge in [-0.3, -0.25) is 4.90 Å². The molecule has 0 radical (unpaired) electrons. The molecule has 18 heavy (non-hydrogen) atoms. The number of aromatic nitrogens is 2. The lowest BCUT2D eigenvalue weighted by Crippen LogP contribution is -2.39. The smallest absolute Gasteiger partial charge is 0.107 e. The van der Waals surface area contributed by atoms with Crippen LogP contribution in [-0.4, -0.2) is 34.6 Å². The molecule has 0 aromatic carbocycles. The summed E-state index contributed by atoms with van der Waals surface area (Å²) in [6, 6.07) is 0.271. The van der Waals surface area contributed by atoms with E-state index >= 15 is 0 Å². The van der Waals surface area contributed by atoms with Gasteiger partial charge in [-0.25, -0.2) is 9.97 Å². The van der Waals surface area contributed by atoms with Crippen LogP contribution in [0.2, 0.25) is 0 Å². The number of hydrogen-bond acceptors (Lipinski definition) is 6. The molecule has 1 unspecified atom stereocenters. The van der Waals surface area contributed by atoms with Gasteiger partial charge in [-0.1, -0.05) is 0 Å². The number of rotatable bonds is 3. The Morgan fingerprint density at radius 3 is 3.17 bits per heavy atom. The Morgan fingerprint density at radius 2 is 2.44 bits per heavy atom. The topological polar surface area (TPSA) is 38.2 Å².